The molecule has 0 heterocycles. The molecular formula is C12H20. The van der Waals surface area contributed by atoms with Crippen molar-refractivity contribution in [1.82, 2.24) is 0 Å². The second kappa shape index (κ2) is 2.76. The zero-order valence-electron chi connectivity index (χ0n) is 8.94. The van der Waals surface area contributed by atoms with Crippen LogP contribution in [-0.4, -0.2) is 0 Å². The van der Waals surface area contributed by atoms with Gasteiger partial charge in [0.25, 0.3) is 0 Å². The molecule has 1 aliphatic rings. The maximum absolute atomic E-state index is 2.36. The Kier molecular flexibility index (Phi) is 2.20. The molecule has 0 N–H and O–H groups in total. The van der Waals surface area contributed by atoms with E-state index in [-0.39, 0.29) is 0 Å². The minimum Gasteiger partial charge on any atom is -0.0807 e. The molecule has 0 aromatic carbocycles. The van der Waals surface area contributed by atoms with E-state index in [9.17, 15) is 0 Å². The van der Waals surface area contributed by atoms with Gasteiger partial charge in [-0.3, -0.25) is 0 Å². The summed E-state index contributed by atoms with van der Waals surface area (Å²) in [5, 5.41) is 0. The summed E-state index contributed by atoms with van der Waals surface area (Å²) < 4.78 is 0. The molecule has 1 aliphatic carbocycles. The summed E-state index contributed by atoms with van der Waals surface area (Å²) in [6.45, 7) is 11.4. The topological polar surface area (TPSA) is 0 Å². The number of hydrogen-bond donors (Lipinski definition) is 0. The van der Waals surface area contributed by atoms with Crippen LogP contribution in [0.2, 0.25) is 0 Å². The van der Waals surface area contributed by atoms with Crippen molar-refractivity contribution >= 4 is 0 Å². The minimum absolute atomic E-state index is 0.340. The summed E-state index contributed by atoms with van der Waals surface area (Å²) in [5.74, 6) is 0. The normalized spacial score (nSPS) is 30.2. The summed E-state index contributed by atoms with van der Waals surface area (Å²) in [4.78, 5) is 0. The average molecular weight is 164 g/mol. The van der Waals surface area contributed by atoms with Crippen molar-refractivity contribution in [3.63, 3.8) is 0 Å². The van der Waals surface area contributed by atoms with E-state index in [0.717, 1.165) is 0 Å². The lowest BCUT2D eigenvalue weighted by atomic mass is 9.64. The van der Waals surface area contributed by atoms with Gasteiger partial charge < -0.3 is 0 Å². The van der Waals surface area contributed by atoms with E-state index in [1.807, 2.05) is 0 Å². The van der Waals surface area contributed by atoms with Crippen LogP contribution in [0.3, 0.4) is 0 Å². The van der Waals surface area contributed by atoms with Crippen LogP contribution < -0.4 is 0 Å². The van der Waals surface area contributed by atoms with Crippen molar-refractivity contribution in [2.45, 2.75) is 41.0 Å². The number of rotatable bonds is 0. The van der Waals surface area contributed by atoms with Crippen LogP contribution in [-0.2, 0) is 0 Å². The summed E-state index contributed by atoms with van der Waals surface area (Å²) in [5.41, 5.74) is 2.10. The monoisotopic (exact) mass is 164 g/mol. The average Bonchev–Trinajstić information content (AvgIpc) is 1.93. The third-order valence-electron chi connectivity index (χ3n) is 3.28. The highest BCUT2D eigenvalue weighted by molar-refractivity contribution is 5.25. The highest BCUT2D eigenvalue weighted by atomic mass is 14.4. The standard InChI is InChI=1S/C12H20/c1-10-6-8-12(5,9-7-10)11(2,3)4/h6-8H,9H2,1-5H3. The lowest BCUT2D eigenvalue weighted by Crippen LogP contribution is -2.31. The van der Waals surface area contributed by atoms with Crippen molar-refractivity contribution in [2.75, 3.05) is 0 Å². The first-order valence-corrected chi connectivity index (χ1v) is 4.71. The Morgan fingerprint density at radius 3 is 2.25 bits per heavy atom. The molecule has 0 saturated carbocycles. The Morgan fingerprint density at radius 2 is 1.92 bits per heavy atom. The molecule has 0 radical (unpaired) electrons. The van der Waals surface area contributed by atoms with E-state index in [4.69, 9.17) is 0 Å². The fourth-order valence-corrected chi connectivity index (χ4v) is 1.38. The van der Waals surface area contributed by atoms with Gasteiger partial charge in [-0.05, 0) is 24.2 Å². The molecule has 0 amide bonds. The molecular weight excluding hydrogens is 144 g/mol. The van der Waals surface area contributed by atoms with Gasteiger partial charge in [0.1, 0.15) is 0 Å². The van der Waals surface area contributed by atoms with Gasteiger partial charge in [0.05, 0.1) is 0 Å². The van der Waals surface area contributed by atoms with Crippen molar-refractivity contribution in [3.05, 3.63) is 23.8 Å². The summed E-state index contributed by atoms with van der Waals surface area (Å²) in [7, 11) is 0. The minimum atomic E-state index is 0.340. The van der Waals surface area contributed by atoms with Crippen LogP contribution in [0, 0.1) is 10.8 Å². The molecule has 0 nitrogen and oxygen atoms in total. The SMILES string of the molecule is CC1=CCC(C)(C(C)(C)C)C=C1. The van der Waals surface area contributed by atoms with E-state index in [1.54, 1.807) is 0 Å². The van der Waals surface area contributed by atoms with Gasteiger partial charge in [-0.25, -0.2) is 0 Å². The highest BCUT2D eigenvalue weighted by Gasteiger charge is 2.34. The van der Waals surface area contributed by atoms with Crippen LogP contribution in [0.4, 0.5) is 0 Å². The fraction of sp³-hybridized carbons (Fsp3) is 0.667. The second-order valence-electron chi connectivity index (χ2n) is 5.15. The number of allylic oxidation sites excluding steroid dienone is 4. The number of hydrogen-bond acceptors (Lipinski definition) is 0. The zero-order chi connectivity index (χ0) is 9.41. The van der Waals surface area contributed by atoms with Crippen LogP contribution in [0.25, 0.3) is 0 Å². The fourth-order valence-electron chi connectivity index (χ4n) is 1.38. The van der Waals surface area contributed by atoms with E-state index in [0.29, 0.717) is 10.8 Å². The summed E-state index contributed by atoms with van der Waals surface area (Å²) in [6, 6.07) is 0. The Bertz CT molecular complexity index is 225. The van der Waals surface area contributed by atoms with Crippen LogP contribution in [0.1, 0.15) is 41.0 Å². The van der Waals surface area contributed by atoms with Crippen molar-refractivity contribution < 1.29 is 0 Å². The molecule has 12 heavy (non-hydrogen) atoms. The molecule has 0 saturated heterocycles. The van der Waals surface area contributed by atoms with Gasteiger partial charge in [0, 0.05) is 0 Å². The van der Waals surface area contributed by atoms with Crippen LogP contribution in [0.15, 0.2) is 23.8 Å². The van der Waals surface area contributed by atoms with Crippen LogP contribution >= 0.6 is 0 Å². The molecule has 0 heteroatoms. The first-order valence-electron chi connectivity index (χ1n) is 4.71. The van der Waals surface area contributed by atoms with Gasteiger partial charge in [-0.1, -0.05) is 51.5 Å². The second-order valence-corrected chi connectivity index (χ2v) is 5.15. The maximum Gasteiger partial charge on any atom is -0.00602 e. The molecule has 0 aromatic rings. The third-order valence-corrected chi connectivity index (χ3v) is 3.28. The van der Waals surface area contributed by atoms with Gasteiger partial charge >= 0.3 is 0 Å². The van der Waals surface area contributed by atoms with Gasteiger partial charge in [-0.15, -0.1) is 0 Å². The van der Waals surface area contributed by atoms with E-state index in [2.05, 4.69) is 52.8 Å². The van der Waals surface area contributed by atoms with E-state index >= 15 is 0 Å². The summed E-state index contributed by atoms with van der Waals surface area (Å²) in [6.07, 6.45) is 8.13. The first-order chi connectivity index (χ1) is 5.35. The third kappa shape index (κ3) is 1.63. The smallest absolute Gasteiger partial charge is 0.00602 e. The molecule has 1 unspecified atom stereocenters. The maximum atomic E-state index is 2.36. The molecule has 68 valence electrons. The first kappa shape index (κ1) is 9.57. The van der Waals surface area contributed by atoms with Crippen LogP contribution in [0.5, 0.6) is 0 Å². The Morgan fingerprint density at radius 1 is 1.33 bits per heavy atom. The Balaban J connectivity index is 2.86. The molecule has 1 atom stereocenters. The van der Waals surface area contributed by atoms with Crippen molar-refractivity contribution in [1.29, 1.82) is 0 Å². The molecule has 0 fully saturated rings. The van der Waals surface area contributed by atoms with Crippen molar-refractivity contribution in [3.8, 4) is 0 Å². The molecule has 0 aromatic heterocycles. The molecule has 0 bridgehead atoms. The van der Waals surface area contributed by atoms with E-state index in [1.165, 1.54) is 12.0 Å². The molecule has 0 aliphatic heterocycles. The van der Waals surface area contributed by atoms with Gasteiger partial charge in [0.15, 0.2) is 0 Å². The Labute approximate surface area is 76.4 Å². The van der Waals surface area contributed by atoms with E-state index < -0.39 is 0 Å². The predicted molar refractivity (Wildman–Crippen MR) is 55.1 cm³/mol. The zero-order valence-corrected chi connectivity index (χ0v) is 8.94. The molecule has 1 rings (SSSR count). The van der Waals surface area contributed by atoms with Gasteiger partial charge in [0.2, 0.25) is 0 Å². The highest BCUT2D eigenvalue weighted by Crippen LogP contribution is 2.44. The summed E-state index contributed by atoms with van der Waals surface area (Å²) >= 11 is 0. The largest absolute Gasteiger partial charge is 0.0807 e. The quantitative estimate of drug-likeness (QED) is 0.508. The predicted octanol–water partition coefficient (Wildman–Crippen LogP) is 3.95. The lowest BCUT2D eigenvalue weighted by Gasteiger charge is -2.40. The Hall–Kier alpha value is -0.520. The van der Waals surface area contributed by atoms with Gasteiger partial charge in [-0.2, -0.15) is 0 Å². The molecule has 0 spiro atoms. The lowest BCUT2D eigenvalue weighted by molar-refractivity contribution is 0.170. The van der Waals surface area contributed by atoms with Crippen molar-refractivity contribution in [2.24, 2.45) is 10.8 Å².